The van der Waals surface area contributed by atoms with E-state index in [0.717, 1.165) is 12.1 Å². The number of carbonyl (C=O) groups excluding carboxylic acids is 1. The van der Waals surface area contributed by atoms with Crippen LogP contribution in [0.4, 0.5) is 23.4 Å². The molecule has 5 nitrogen and oxygen atoms in total. The maximum atomic E-state index is 13.8. The van der Waals surface area contributed by atoms with Crippen molar-refractivity contribution < 1.29 is 22.4 Å². The number of hydrogen-bond acceptors (Lipinski definition) is 3. The first-order valence-electron chi connectivity index (χ1n) is 7.27. The van der Waals surface area contributed by atoms with Crippen LogP contribution in [0, 0.1) is 5.82 Å². The van der Waals surface area contributed by atoms with Crippen molar-refractivity contribution in [3.8, 4) is 0 Å². The third-order valence-corrected chi connectivity index (χ3v) is 3.79. The van der Waals surface area contributed by atoms with Crippen molar-refractivity contribution in [2.24, 2.45) is 0 Å². The molecular weight excluding hydrogens is 328 g/mol. The summed E-state index contributed by atoms with van der Waals surface area (Å²) < 4.78 is 52.8. The molecule has 24 heavy (non-hydrogen) atoms. The minimum atomic E-state index is -4.58. The molecule has 1 aliphatic heterocycles. The first-order valence-corrected chi connectivity index (χ1v) is 7.27. The number of halogens is 4. The Bertz CT molecular complexity index is 756. The lowest BCUT2D eigenvalue weighted by Gasteiger charge is -2.10. The number of hydrogen-bond donors (Lipinski definition) is 2. The molecule has 1 aromatic carbocycles. The van der Waals surface area contributed by atoms with Crippen molar-refractivity contribution >= 4 is 11.7 Å². The first kappa shape index (κ1) is 16.3. The zero-order valence-electron chi connectivity index (χ0n) is 12.4. The van der Waals surface area contributed by atoms with Gasteiger partial charge >= 0.3 is 6.18 Å². The summed E-state index contributed by atoms with van der Waals surface area (Å²) >= 11 is 0. The zero-order valence-corrected chi connectivity index (χ0v) is 12.4. The summed E-state index contributed by atoms with van der Waals surface area (Å²) in [6.07, 6.45) is -2.32. The molecule has 1 unspecified atom stereocenters. The minimum Gasteiger partial charge on any atom is -0.364 e. The molecule has 2 aromatic rings. The summed E-state index contributed by atoms with van der Waals surface area (Å²) in [5, 5.41) is 9.72. The molecule has 0 aliphatic carbocycles. The van der Waals surface area contributed by atoms with Crippen molar-refractivity contribution in [2.75, 3.05) is 11.9 Å². The van der Waals surface area contributed by atoms with Crippen LogP contribution in [0.15, 0.2) is 30.5 Å². The number of nitrogens with zero attached hydrogens (tertiary/aromatic N) is 2. The summed E-state index contributed by atoms with van der Waals surface area (Å²) in [4.78, 5) is 11.6. The molecule has 0 saturated carbocycles. The molecule has 2 heterocycles. The van der Waals surface area contributed by atoms with Crippen LogP contribution in [0.5, 0.6) is 0 Å². The van der Waals surface area contributed by atoms with E-state index >= 15 is 0 Å². The van der Waals surface area contributed by atoms with E-state index in [9.17, 15) is 22.4 Å². The van der Waals surface area contributed by atoms with Crippen molar-refractivity contribution in [2.45, 2.75) is 25.2 Å². The van der Waals surface area contributed by atoms with Crippen molar-refractivity contribution in [1.82, 2.24) is 15.1 Å². The second-order valence-electron chi connectivity index (χ2n) is 5.43. The van der Waals surface area contributed by atoms with Crippen molar-refractivity contribution in [1.29, 1.82) is 0 Å². The van der Waals surface area contributed by atoms with Crippen molar-refractivity contribution in [3.05, 3.63) is 47.4 Å². The third kappa shape index (κ3) is 3.34. The highest BCUT2D eigenvalue weighted by Crippen LogP contribution is 2.30. The normalized spacial score (nSPS) is 17.8. The number of alkyl halides is 3. The van der Waals surface area contributed by atoms with Gasteiger partial charge in [-0.15, -0.1) is 0 Å². The fourth-order valence-electron chi connectivity index (χ4n) is 2.49. The van der Waals surface area contributed by atoms with E-state index in [0.29, 0.717) is 24.8 Å². The van der Waals surface area contributed by atoms with Gasteiger partial charge in [0.25, 0.3) is 0 Å². The van der Waals surface area contributed by atoms with Gasteiger partial charge in [-0.05, 0) is 18.6 Å². The average molecular weight is 342 g/mol. The predicted octanol–water partition coefficient (Wildman–Crippen LogP) is 2.71. The van der Waals surface area contributed by atoms with Gasteiger partial charge in [0.15, 0.2) is 0 Å². The van der Waals surface area contributed by atoms with Gasteiger partial charge < -0.3 is 10.6 Å². The van der Waals surface area contributed by atoms with Crippen LogP contribution < -0.4 is 10.6 Å². The fourth-order valence-corrected chi connectivity index (χ4v) is 2.49. The van der Waals surface area contributed by atoms with E-state index in [1.165, 1.54) is 4.68 Å². The highest BCUT2D eigenvalue weighted by molar-refractivity contribution is 5.82. The second kappa shape index (κ2) is 6.14. The molecule has 1 aromatic heterocycles. The molecule has 1 saturated heterocycles. The first-order chi connectivity index (χ1) is 11.3. The standard InChI is InChI=1S/C15H14F4N4O/c16-11-7-10(15(17,18)19)2-1-9(11)8-21-13-4-6-23(22-13)12-3-5-20-14(12)24/h1-2,4,6-7,12H,3,5,8H2,(H,20,24)(H,21,22). The van der Waals surface area contributed by atoms with E-state index < -0.39 is 17.6 Å². The van der Waals surface area contributed by atoms with Crippen LogP contribution in [0.1, 0.15) is 23.6 Å². The van der Waals surface area contributed by atoms with E-state index in [2.05, 4.69) is 15.7 Å². The summed E-state index contributed by atoms with van der Waals surface area (Å²) in [7, 11) is 0. The van der Waals surface area contributed by atoms with Gasteiger partial charge in [0, 0.05) is 30.9 Å². The second-order valence-corrected chi connectivity index (χ2v) is 5.43. The molecule has 0 spiro atoms. The lowest BCUT2D eigenvalue weighted by molar-refractivity contribution is -0.137. The number of aromatic nitrogens is 2. The summed E-state index contributed by atoms with van der Waals surface area (Å²) in [6.45, 7) is 0.570. The molecular formula is C15H14F4N4O. The van der Waals surface area contributed by atoms with Crippen LogP contribution in [0.25, 0.3) is 0 Å². The molecule has 128 valence electrons. The zero-order chi connectivity index (χ0) is 17.3. The predicted molar refractivity (Wildman–Crippen MR) is 77.6 cm³/mol. The Morgan fingerprint density at radius 3 is 2.75 bits per heavy atom. The topological polar surface area (TPSA) is 59.0 Å². The molecule has 1 atom stereocenters. The Hall–Kier alpha value is -2.58. The minimum absolute atomic E-state index is 0.0160. The van der Waals surface area contributed by atoms with Crippen LogP contribution in [0.2, 0.25) is 0 Å². The SMILES string of the molecule is O=C1NCCC1n1ccc(NCc2ccc(C(F)(F)F)cc2F)n1. The van der Waals surface area contributed by atoms with Crippen LogP contribution in [0.3, 0.4) is 0 Å². The molecule has 3 rings (SSSR count). The highest BCUT2D eigenvalue weighted by atomic mass is 19.4. The number of rotatable bonds is 4. The smallest absolute Gasteiger partial charge is 0.364 e. The molecule has 1 aliphatic rings. The van der Waals surface area contributed by atoms with Gasteiger partial charge in [-0.3, -0.25) is 9.48 Å². The van der Waals surface area contributed by atoms with E-state index in [4.69, 9.17) is 0 Å². The molecule has 0 bridgehead atoms. The quantitative estimate of drug-likeness (QED) is 0.840. The van der Waals surface area contributed by atoms with E-state index in [1.54, 1.807) is 12.3 Å². The largest absolute Gasteiger partial charge is 0.416 e. The van der Waals surface area contributed by atoms with Gasteiger partial charge in [-0.25, -0.2) is 4.39 Å². The number of amides is 1. The maximum Gasteiger partial charge on any atom is 0.416 e. The highest BCUT2D eigenvalue weighted by Gasteiger charge is 2.31. The Balaban J connectivity index is 1.66. The van der Waals surface area contributed by atoms with Gasteiger partial charge in [-0.2, -0.15) is 18.3 Å². The number of benzene rings is 1. The maximum absolute atomic E-state index is 13.8. The number of carbonyl (C=O) groups is 1. The van der Waals surface area contributed by atoms with E-state index in [-0.39, 0.29) is 24.1 Å². The number of nitrogens with one attached hydrogen (secondary N) is 2. The molecule has 1 fully saturated rings. The van der Waals surface area contributed by atoms with E-state index in [1.807, 2.05) is 0 Å². The van der Waals surface area contributed by atoms with Gasteiger partial charge in [0.2, 0.25) is 5.91 Å². The summed E-state index contributed by atoms with van der Waals surface area (Å²) in [5.74, 6) is -0.639. The fraction of sp³-hybridized carbons (Fsp3) is 0.333. The Morgan fingerprint density at radius 1 is 1.33 bits per heavy atom. The van der Waals surface area contributed by atoms with Crippen LogP contribution in [-0.4, -0.2) is 22.2 Å². The summed E-state index contributed by atoms with van der Waals surface area (Å²) in [5.41, 5.74) is -0.934. The molecule has 2 N–H and O–H groups in total. The van der Waals surface area contributed by atoms with Crippen molar-refractivity contribution in [3.63, 3.8) is 0 Å². The monoisotopic (exact) mass is 342 g/mol. The number of anilines is 1. The van der Waals surface area contributed by atoms with Gasteiger partial charge in [0.1, 0.15) is 17.7 Å². The molecule has 0 radical (unpaired) electrons. The Morgan fingerprint density at radius 2 is 2.12 bits per heavy atom. The third-order valence-electron chi connectivity index (χ3n) is 3.79. The molecule has 9 heteroatoms. The van der Waals surface area contributed by atoms with Gasteiger partial charge in [0.05, 0.1) is 5.56 Å². The summed E-state index contributed by atoms with van der Waals surface area (Å²) in [6, 6.07) is 3.64. The van der Waals surface area contributed by atoms with Crippen LogP contribution in [-0.2, 0) is 17.5 Å². The molecule has 1 amide bonds. The van der Waals surface area contributed by atoms with Gasteiger partial charge in [-0.1, -0.05) is 6.07 Å². The lowest BCUT2D eigenvalue weighted by Crippen LogP contribution is -2.22. The Kier molecular flexibility index (Phi) is 4.16. The lowest BCUT2D eigenvalue weighted by atomic mass is 10.1. The Labute approximate surface area is 134 Å². The van der Waals surface area contributed by atoms with Crippen LogP contribution >= 0.6 is 0 Å². The average Bonchev–Trinajstić information content (AvgIpc) is 3.13.